The summed E-state index contributed by atoms with van der Waals surface area (Å²) in [6, 6.07) is 8.10. The lowest BCUT2D eigenvalue weighted by molar-refractivity contribution is -0.137. The summed E-state index contributed by atoms with van der Waals surface area (Å²) in [6.45, 7) is 2.76. The van der Waals surface area contributed by atoms with Gasteiger partial charge in [0.1, 0.15) is 10.8 Å². The van der Waals surface area contributed by atoms with Crippen LogP contribution in [0.15, 0.2) is 30.5 Å². The normalized spacial score (nSPS) is 18.8. The highest BCUT2D eigenvalue weighted by atomic mass is 32.1. The molecule has 3 aromatic rings. The van der Waals surface area contributed by atoms with E-state index in [1.54, 1.807) is 31.4 Å². The topological polar surface area (TPSA) is 119 Å². The van der Waals surface area contributed by atoms with Crippen LogP contribution in [0.3, 0.4) is 0 Å². The molecular weight excluding hydrogens is 414 g/mol. The second-order valence-corrected chi connectivity index (χ2v) is 8.86. The first-order valence-corrected chi connectivity index (χ1v) is 10.9. The molecule has 1 aliphatic heterocycles. The number of amides is 1. The number of fused-ring (bicyclic) bond motifs is 1. The van der Waals surface area contributed by atoms with Crippen LogP contribution < -0.4 is 16.4 Å². The van der Waals surface area contributed by atoms with Crippen LogP contribution in [0.25, 0.3) is 10.2 Å². The third kappa shape index (κ3) is 4.73. The standard InChI is InChI=1S/C22H25N5O3S/c1-12-7-15(10-25-21(12)23)26-22(29)20(28)14-3-5-16(24-9-14)13-4-6-18-17(8-13)27-19(31-18)11-30-2/h4,6-8,10,14,16,24H,3,5,9,11H2,1-2H3,(H2,23,25)(H,26,29)/t14-,16+/m0/s1. The molecule has 0 radical (unpaired) electrons. The first-order valence-electron chi connectivity index (χ1n) is 10.1. The molecule has 1 aromatic carbocycles. The van der Waals surface area contributed by atoms with Gasteiger partial charge in [-0.2, -0.15) is 0 Å². The van der Waals surface area contributed by atoms with Crippen LogP contribution in [0.2, 0.25) is 0 Å². The van der Waals surface area contributed by atoms with Crippen molar-refractivity contribution in [2.75, 3.05) is 24.7 Å². The van der Waals surface area contributed by atoms with Crippen molar-refractivity contribution < 1.29 is 14.3 Å². The van der Waals surface area contributed by atoms with Crippen LogP contribution in [-0.4, -0.2) is 35.3 Å². The highest BCUT2D eigenvalue weighted by molar-refractivity contribution is 7.18. The number of ether oxygens (including phenoxy) is 1. The van der Waals surface area contributed by atoms with Crippen LogP contribution >= 0.6 is 11.3 Å². The number of piperidine rings is 1. The number of nitrogens with zero attached hydrogens (tertiary/aromatic N) is 2. The minimum Gasteiger partial charge on any atom is -0.383 e. The van der Waals surface area contributed by atoms with E-state index in [4.69, 9.17) is 10.5 Å². The number of ketones is 1. The first-order chi connectivity index (χ1) is 14.9. The van der Waals surface area contributed by atoms with E-state index in [0.717, 1.165) is 32.8 Å². The first kappa shape index (κ1) is 21.4. The molecule has 162 valence electrons. The van der Waals surface area contributed by atoms with E-state index in [1.165, 1.54) is 6.20 Å². The van der Waals surface area contributed by atoms with Crippen molar-refractivity contribution in [3.8, 4) is 0 Å². The molecule has 0 aliphatic carbocycles. The minimum absolute atomic E-state index is 0.132. The van der Waals surface area contributed by atoms with E-state index < -0.39 is 11.7 Å². The molecule has 2 aromatic heterocycles. The van der Waals surface area contributed by atoms with Crippen LogP contribution in [-0.2, 0) is 20.9 Å². The fourth-order valence-corrected chi connectivity index (χ4v) is 4.71. The van der Waals surface area contributed by atoms with Gasteiger partial charge in [0.05, 0.1) is 28.7 Å². The van der Waals surface area contributed by atoms with Crippen LogP contribution in [0.1, 0.15) is 35.0 Å². The predicted molar refractivity (Wildman–Crippen MR) is 121 cm³/mol. The van der Waals surface area contributed by atoms with Gasteiger partial charge < -0.3 is 21.1 Å². The number of benzene rings is 1. The Kier molecular flexibility index (Phi) is 6.26. The van der Waals surface area contributed by atoms with Gasteiger partial charge in [-0.1, -0.05) is 6.07 Å². The van der Waals surface area contributed by atoms with Crippen molar-refractivity contribution >= 4 is 44.7 Å². The Balaban J connectivity index is 1.36. The molecule has 1 amide bonds. The molecule has 8 nitrogen and oxygen atoms in total. The summed E-state index contributed by atoms with van der Waals surface area (Å²) in [5, 5.41) is 7.00. The van der Waals surface area contributed by atoms with Gasteiger partial charge in [-0.15, -0.1) is 11.3 Å². The monoisotopic (exact) mass is 439 g/mol. The van der Waals surface area contributed by atoms with E-state index in [9.17, 15) is 9.59 Å². The summed E-state index contributed by atoms with van der Waals surface area (Å²) in [5.74, 6) is -0.988. The molecule has 1 aliphatic rings. The van der Waals surface area contributed by atoms with Gasteiger partial charge in [0.25, 0.3) is 5.91 Å². The van der Waals surface area contributed by atoms with Crippen LogP contribution in [0.4, 0.5) is 11.5 Å². The van der Waals surface area contributed by atoms with Gasteiger partial charge in [-0.05, 0) is 49.1 Å². The molecule has 4 N–H and O–H groups in total. The Morgan fingerprint density at radius 2 is 2.16 bits per heavy atom. The molecule has 4 rings (SSSR count). The smallest absolute Gasteiger partial charge is 0.292 e. The number of pyridine rings is 1. The second kappa shape index (κ2) is 9.09. The van der Waals surface area contributed by atoms with Gasteiger partial charge in [-0.3, -0.25) is 9.59 Å². The molecule has 31 heavy (non-hydrogen) atoms. The number of Topliss-reactive ketones (excluding diaryl/α,β-unsaturated/α-hetero) is 1. The number of aryl methyl sites for hydroxylation is 1. The molecule has 0 bridgehead atoms. The van der Waals surface area contributed by atoms with Crippen LogP contribution in [0, 0.1) is 12.8 Å². The van der Waals surface area contributed by atoms with Gasteiger partial charge in [-0.25, -0.2) is 9.97 Å². The molecule has 2 atom stereocenters. The van der Waals surface area contributed by atoms with Gasteiger partial charge in [0, 0.05) is 25.6 Å². The lowest BCUT2D eigenvalue weighted by atomic mass is 9.88. The van der Waals surface area contributed by atoms with Crippen molar-refractivity contribution in [3.05, 3.63) is 46.6 Å². The van der Waals surface area contributed by atoms with Gasteiger partial charge in [0.15, 0.2) is 0 Å². The van der Waals surface area contributed by atoms with E-state index in [0.29, 0.717) is 31.1 Å². The highest BCUT2D eigenvalue weighted by Crippen LogP contribution is 2.30. The number of hydrogen-bond donors (Lipinski definition) is 3. The zero-order valence-electron chi connectivity index (χ0n) is 17.5. The maximum absolute atomic E-state index is 12.6. The number of rotatable bonds is 6. The van der Waals surface area contributed by atoms with Crippen molar-refractivity contribution in [3.63, 3.8) is 0 Å². The van der Waals surface area contributed by atoms with Crippen molar-refractivity contribution in [2.24, 2.45) is 5.92 Å². The molecular formula is C22H25N5O3S. The summed E-state index contributed by atoms with van der Waals surface area (Å²) >= 11 is 1.63. The summed E-state index contributed by atoms with van der Waals surface area (Å²) in [4.78, 5) is 33.6. The lowest BCUT2D eigenvalue weighted by Gasteiger charge is -2.29. The molecule has 0 unspecified atom stereocenters. The van der Waals surface area contributed by atoms with E-state index in [2.05, 4.69) is 38.8 Å². The number of aromatic nitrogens is 2. The molecule has 1 fully saturated rings. The summed E-state index contributed by atoms with van der Waals surface area (Å²) < 4.78 is 6.30. The number of nitrogens with one attached hydrogen (secondary N) is 2. The number of anilines is 2. The third-order valence-corrected chi connectivity index (χ3v) is 6.52. The van der Waals surface area contributed by atoms with Crippen molar-refractivity contribution in [1.82, 2.24) is 15.3 Å². The second-order valence-electron chi connectivity index (χ2n) is 7.75. The maximum atomic E-state index is 12.6. The number of carbonyl (C=O) groups is 2. The van der Waals surface area contributed by atoms with E-state index >= 15 is 0 Å². The van der Waals surface area contributed by atoms with E-state index in [-0.39, 0.29) is 12.0 Å². The number of methoxy groups -OCH3 is 1. The number of hydrogen-bond acceptors (Lipinski definition) is 8. The highest BCUT2D eigenvalue weighted by Gasteiger charge is 2.30. The van der Waals surface area contributed by atoms with Gasteiger partial charge >= 0.3 is 0 Å². The van der Waals surface area contributed by atoms with E-state index in [1.807, 2.05) is 0 Å². The molecule has 0 spiro atoms. The predicted octanol–water partition coefficient (Wildman–Crippen LogP) is 2.98. The summed E-state index contributed by atoms with van der Waals surface area (Å²) in [6.07, 6.45) is 2.87. The minimum atomic E-state index is -0.620. The Bertz CT molecular complexity index is 1120. The molecule has 0 saturated carbocycles. The van der Waals surface area contributed by atoms with Crippen LogP contribution in [0.5, 0.6) is 0 Å². The summed E-state index contributed by atoms with van der Waals surface area (Å²) in [7, 11) is 1.66. The SMILES string of the molecule is COCc1nc2cc([C@H]3CC[C@H](C(=O)C(=O)Nc4cnc(N)c(C)c4)CN3)ccc2s1. The fourth-order valence-electron chi connectivity index (χ4n) is 3.79. The average molecular weight is 440 g/mol. The fraction of sp³-hybridized carbons (Fsp3) is 0.364. The van der Waals surface area contributed by atoms with Crippen molar-refractivity contribution in [1.29, 1.82) is 0 Å². The summed E-state index contributed by atoms with van der Waals surface area (Å²) in [5.41, 5.74) is 9.01. The zero-order chi connectivity index (χ0) is 22.0. The number of thiazole rings is 1. The molecule has 9 heteroatoms. The Hall–Kier alpha value is -2.88. The quantitative estimate of drug-likeness (QED) is 0.505. The maximum Gasteiger partial charge on any atom is 0.292 e. The van der Waals surface area contributed by atoms with Crippen molar-refractivity contribution in [2.45, 2.75) is 32.4 Å². The third-order valence-electron chi connectivity index (χ3n) is 5.51. The Labute approximate surface area is 184 Å². The van der Waals surface area contributed by atoms with Gasteiger partial charge in [0.2, 0.25) is 5.78 Å². The average Bonchev–Trinajstić information content (AvgIpc) is 3.18. The largest absolute Gasteiger partial charge is 0.383 e. The lowest BCUT2D eigenvalue weighted by Crippen LogP contribution is -2.41. The number of carbonyl (C=O) groups excluding carboxylic acids is 2. The zero-order valence-corrected chi connectivity index (χ0v) is 18.3. The Morgan fingerprint density at radius 1 is 1.32 bits per heavy atom. The molecule has 1 saturated heterocycles. The number of nitrogen functional groups attached to an aromatic ring is 1. The molecule has 3 heterocycles. The number of nitrogens with two attached hydrogens (primary N) is 1. The Morgan fingerprint density at radius 3 is 2.87 bits per heavy atom.